The molecule has 2 aromatic rings. The topological polar surface area (TPSA) is 99.9 Å². The lowest BCUT2D eigenvalue weighted by atomic mass is 10.2. The van der Waals surface area contributed by atoms with E-state index >= 15 is 0 Å². The van der Waals surface area contributed by atoms with Gasteiger partial charge in [-0.05, 0) is 36.8 Å². The number of carbonyl (C=O) groups is 1. The molecular formula is C17H17N3O3S. The smallest absolute Gasteiger partial charge is 0.235 e. The zero-order valence-corrected chi connectivity index (χ0v) is 14.0. The van der Waals surface area contributed by atoms with E-state index in [0.717, 1.165) is 0 Å². The van der Waals surface area contributed by atoms with Gasteiger partial charge in [0.25, 0.3) is 0 Å². The molecule has 1 aromatic heterocycles. The lowest BCUT2D eigenvalue weighted by Crippen LogP contribution is -2.33. The second-order valence-electron chi connectivity index (χ2n) is 5.38. The van der Waals surface area contributed by atoms with Crippen molar-refractivity contribution in [2.45, 2.75) is 18.7 Å². The van der Waals surface area contributed by atoms with E-state index in [2.05, 4.69) is 10.3 Å². The van der Waals surface area contributed by atoms with Crippen LogP contribution in [0.25, 0.3) is 0 Å². The standard InChI is InChI=1S/C17H17N3O3S/c1-13(16-4-2-3-9-19-16)20-17(21)12-24(22,23)11-15-7-5-14(10-18)6-8-15/h2-9,13H,11-12H2,1H3,(H,20,21)/t13-/m1/s1. The van der Waals surface area contributed by atoms with E-state index in [1.165, 1.54) is 0 Å². The molecule has 7 heteroatoms. The van der Waals surface area contributed by atoms with Crippen LogP contribution in [-0.2, 0) is 20.4 Å². The van der Waals surface area contributed by atoms with Gasteiger partial charge < -0.3 is 5.32 Å². The fourth-order valence-corrected chi connectivity index (χ4v) is 3.45. The van der Waals surface area contributed by atoms with Crippen molar-refractivity contribution in [1.29, 1.82) is 5.26 Å². The summed E-state index contributed by atoms with van der Waals surface area (Å²) in [5.74, 6) is -1.41. The Kier molecular flexibility index (Phi) is 5.66. The van der Waals surface area contributed by atoms with Crippen molar-refractivity contribution in [2.75, 3.05) is 5.75 Å². The van der Waals surface area contributed by atoms with Crippen molar-refractivity contribution >= 4 is 15.7 Å². The third kappa shape index (κ3) is 5.18. The van der Waals surface area contributed by atoms with Crippen LogP contribution in [0.4, 0.5) is 0 Å². The van der Waals surface area contributed by atoms with Crippen LogP contribution in [-0.4, -0.2) is 25.1 Å². The molecule has 0 aliphatic heterocycles. The maximum Gasteiger partial charge on any atom is 0.235 e. The number of benzene rings is 1. The monoisotopic (exact) mass is 343 g/mol. The molecule has 1 N–H and O–H groups in total. The minimum atomic E-state index is -3.60. The molecule has 0 spiro atoms. The van der Waals surface area contributed by atoms with Crippen LogP contribution in [0.3, 0.4) is 0 Å². The molecule has 0 bridgehead atoms. The summed E-state index contributed by atoms with van der Waals surface area (Å²) in [6.45, 7) is 1.74. The molecule has 6 nitrogen and oxygen atoms in total. The molecule has 24 heavy (non-hydrogen) atoms. The van der Waals surface area contributed by atoms with Crippen molar-refractivity contribution in [3.05, 3.63) is 65.5 Å². The first-order valence-corrected chi connectivity index (χ1v) is 9.11. The minimum Gasteiger partial charge on any atom is -0.347 e. The van der Waals surface area contributed by atoms with Crippen molar-refractivity contribution in [3.63, 3.8) is 0 Å². The first-order chi connectivity index (χ1) is 11.4. The van der Waals surface area contributed by atoms with Crippen LogP contribution < -0.4 is 5.32 Å². The summed E-state index contributed by atoms with van der Waals surface area (Å²) in [5.41, 5.74) is 1.66. The van der Waals surface area contributed by atoms with Gasteiger partial charge in [-0.15, -0.1) is 0 Å². The van der Waals surface area contributed by atoms with Crippen molar-refractivity contribution in [1.82, 2.24) is 10.3 Å². The number of rotatable bonds is 6. The minimum absolute atomic E-state index is 0.246. The number of nitrogens with zero attached hydrogens (tertiary/aromatic N) is 2. The number of hydrogen-bond donors (Lipinski definition) is 1. The highest BCUT2D eigenvalue weighted by Gasteiger charge is 2.19. The summed E-state index contributed by atoms with van der Waals surface area (Å²) in [7, 11) is -3.60. The molecule has 0 fully saturated rings. The molecule has 124 valence electrons. The van der Waals surface area contributed by atoms with Crippen molar-refractivity contribution in [3.8, 4) is 6.07 Å². The lowest BCUT2D eigenvalue weighted by molar-refractivity contribution is -0.119. The number of pyridine rings is 1. The predicted octanol–water partition coefficient (Wildman–Crippen LogP) is 1.75. The van der Waals surface area contributed by atoms with Gasteiger partial charge in [-0.2, -0.15) is 5.26 Å². The average molecular weight is 343 g/mol. The Hall–Kier alpha value is -2.72. The van der Waals surface area contributed by atoms with Gasteiger partial charge in [0.1, 0.15) is 5.75 Å². The average Bonchev–Trinajstić information content (AvgIpc) is 2.55. The molecule has 0 radical (unpaired) electrons. The Morgan fingerprint density at radius 1 is 1.25 bits per heavy atom. The molecule has 0 unspecified atom stereocenters. The number of amides is 1. The Morgan fingerprint density at radius 2 is 1.96 bits per heavy atom. The maximum atomic E-state index is 12.1. The summed E-state index contributed by atoms with van der Waals surface area (Å²) in [6, 6.07) is 13.2. The number of carbonyl (C=O) groups excluding carboxylic acids is 1. The van der Waals surface area contributed by atoms with Gasteiger partial charge in [0.15, 0.2) is 9.84 Å². The third-order valence-corrected chi connectivity index (χ3v) is 4.80. The van der Waals surface area contributed by atoms with Crippen molar-refractivity contribution in [2.24, 2.45) is 0 Å². The van der Waals surface area contributed by atoms with Gasteiger partial charge in [-0.25, -0.2) is 8.42 Å². The first-order valence-electron chi connectivity index (χ1n) is 7.29. The maximum absolute atomic E-state index is 12.1. The normalized spacial score (nSPS) is 12.2. The Balaban J connectivity index is 1.95. The van der Waals surface area contributed by atoms with E-state index in [4.69, 9.17) is 5.26 Å². The zero-order chi connectivity index (χ0) is 17.6. The number of nitriles is 1. The largest absolute Gasteiger partial charge is 0.347 e. The molecular weight excluding hydrogens is 326 g/mol. The van der Waals surface area contributed by atoms with Gasteiger partial charge in [0, 0.05) is 6.20 Å². The molecule has 0 saturated heterocycles. The summed E-state index contributed by atoms with van der Waals surface area (Å²) in [5, 5.41) is 11.4. The second-order valence-corrected chi connectivity index (χ2v) is 7.45. The molecule has 0 aliphatic carbocycles. The molecule has 0 aliphatic rings. The Morgan fingerprint density at radius 3 is 2.54 bits per heavy atom. The molecule has 2 rings (SSSR count). The third-order valence-electron chi connectivity index (χ3n) is 3.33. The van der Waals surface area contributed by atoms with Gasteiger partial charge in [0.05, 0.1) is 29.1 Å². The summed E-state index contributed by atoms with van der Waals surface area (Å²) < 4.78 is 24.3. The summed E-state index contributed by atoms with van der Waals surface area (Å²) in [6.07, 6.45) is 1.61. The highest BCUT2D eigenvalue weighted by molar-refractivity contribution is 7.91. The summed E-state index contributed by atoms with van der Waals surface area (Å²) >= 11 is 0. The number of sulfone groups is 1. The predicted molar refractivity (Wildman–Crippen MR) is 89.4 cm³/mol. The fraction of sp³-hybridized carbons (Fsp3) is 0.235. The van der Waals surface area contributed by atoms with E-state index in [0.29, 0.717) is 16.8 Å². The van der Waals surface area contributed by atoms with Gasteiger partial charge in [-0.1, -0.05) is 18.2 Å². The Labute approximate surface area is 141 Å². The van der Waals surface area contributed by atoms with Crippen LogP contribution in [0, 0.1) is 11.3 Å². The number of nitrogens with one attached hydrogen (secondary N) is 1. The highest BCUT2D eigenvalue weighted by atomic mass is 32.2. The lowest BCUT2D eigenvalue weighted by Gasteiger charge is -2.13. The Bertz CT molecular complexity index is 841. The fourth-order valence-electron chi connectivity index (χ4n) is 2.17. The zero-order valence-electron chi connectivity index (χ0n) is 13.1. The van der Waals surface area contributed by atoms with Crippen LogP contribution in [0.1, 0.15) is 29.8 Å². The van der Waals surface area contributed by atoms with E-state index in [1.807, 2.05) is 6.07 Å². The van der Waals surface area contributed by atoms with Crippen LogP contribution >= 0.6 is 0 Å². The molecule has 1 heterocycles. The van der Waals surface area contributed by atoms with Gasteiger partial charge >= 0.3 is 0 Å². The molecule has 0 saturated carbocycles. The van der Waals surface area contributed by atoms with E-state index in [1.54, 1.807) is 55.6 Å². The van der Waals surface area contributed by atoms with E-state index < -0.39 is 21.5 Å². The highest BCUT2D eigenvalue weighted by Crippen LogP contribution is 2.10. The van der Waals surface area contributed by atoms with Crippen LogP contribution in [0.2, 0.25) is 0 Å². The van der Waals surface area contributed by atoms with E-state index in [-0.39, 0.29) is 11.8 Å². The van der Waals surface area contributed by atoms with Crippen LogP contribution in [0.15, 0.2) is 48.7 Å². The van der Waals surface area contributed by atoms with Gasteiger partial charge in [-0.3, -0.25) is 9.78 Å². The van der Waals surface area contributed by atoms with Crippen LogP contribution in [0.5, 0.6) is 0 Å². The SMILES string of the molecule is C[C@@H](NC(=O)CS(=O)(=O)Cc1ccc(C#N)cc1)c1ccccn1. The second kappa shape index (κ2) is 7.70. The molecule has 1 atom stereocenters. The summed E-state index contributed by atoms with van der Waals surface area (Å²) in [4.78, 5) is 16.1. The molecule has 1 amide bonds. The first kappa shape index (κ1) is 17.6. The van der Waals surface area contributed by atoms with Crippen molar-refractivity contribution < 1.29 is 13.2 Å². The quantitative estimate of drug-likeness (QED) is 0.861. The van der Waals surface area contributed by atoms with Gasteiger partial charge in [0.2, 0.25) is 5.91 Å². The number of hydrogen-bond acceptors (Lipinski definition) is 5. The number of aromatic nitrogens is 1. The molecule has 1 aromatic carbocycles. The van der Waals surface area contributed by atoms with E-state index in [9.17, 15) is 13.2 Å².